The molecule has 12 heterocycles. The third kappa shape index (κ3) is 17.6. The molecule has 109 heavy (non-hydrogen) atoms. The predicted molar refractivity (Wildman–Crippen MR) is 431 cm³/mol. The van der Waals surface area contributed by atoms with Gasteiger partial charge < -0.3 is 48.6 Å². The van der Waals surface area contributed by atoms with E-state index in [4.69, 9.17) is 34.9 Å². The van der Waals surface area contributed by atoms with Crippen LogP contribution in [0.15, 0.2) is 119 Å². The number of nitrogens with two attached hydrogens (primary N) is 1. The summed E-state index contributed by atoms with van der Waals surface area (Å²) in [5.41, 5.74) is 20.5. The Labute approximate surface area is 649 Å². The maximum Gasteiger partial charge on any atom is 0.335 e. The van der Waals surface area contributed by atoms with Gasteiger partial charge in [0.1, 0.15) is 0 Å². The van der Waals surface area contributed by atoms with Gasteiger partial charge in [-0.1, -0.05) is 71.9 Å². The van der Waals surface area contributed by atoms with E-state index in [0.717, 1.165) is 168 Å². The first-order chi connectivity index (χ1) is 52.6. The van der Waals surface area contributed by atoms with Gasteiger partial charge in [-0.05, 0) is 175 Å². The number of rotatable bonds is 13. The molecule has 9 aromatic heterocycles. The van der Waals surface area contributed by atoms with E-state index < -0.39 is 5.97 Å². The average molecular weight is 1610 g/mol. The van der Waals surface area contributed by atoms with Crippen molar-refractivity contribution in [2.24, 2.45) is 38.9 Å². The van der Waals surface area contributed by atoms with Crippen LogP contribution < -0.4 is 35.5 Å². The van der Waals surface area contributed by atoms with Crippen LogP contribution in [0.5, 0.6) is 17.6 Å². The van der Waals surface area contributed by atoms with E-state index in [9.17, 15) is 19.5 Å². The van der Waals surface area contributed by atoms with Crippen LogP contribution in [-0.2, 0) is 40.8 Å². The lowest BCUT2D eigenvalue weighted by atomic mass is 10.0. The molecule has 0 radical (unpaired) electrons. The Hall–Kier alpha value is -10.5. The zero-order chi connectivity index (χ0) is 76.7. The largest absolute Gasteiger partial charge is 0.478 e. The Morgan fingerprint density at radius 2 is 1.10 bits per heavy atom. The van der Waals surface area contributed by atoms with Gasteiger partial charge in [0.05, 0.1) is 111 Å². The molecule has 4 bridgehead atoms. The number of nitrogens with one attached hydrogen (secondary N) is 2. The molecule has 0 spiro atoms. The predicted octanol–water partition coefficient (Wildman–Crippen LogP) is 14.8. The van der Waals surface area contributed by atoms with Crippen molar-refractivity contribution >= 4 is 106 Å². The Balaban J connectivity index is 0.000000145. The van der Waals surface area contributed by atoms with E-state index in [-0.39, 0.29) is 17.4 Å². The number of hydrogen-bond donors (Lipinski definition) is 4. The summed E-state index contributed by atoms with van der Waals surface area (Å²) in [4.78, 5) is 71.3. The number of nitrogens with zero attached hydrogens (tertiary/aromatic N) is 17. The lowest BCUT2D eigenvalue weighted by Crippen LogP contribution is -2.44. The van der Waals surface area contributed by atoms with Crippen LogP contribution in [0, 0.1) is 38.5 Å². The third-order valence-electron chi connectivity index (χ3n) is 20.7. The number of aromatic carboxylic acids is 1. The number of carbonyl (C=O) groups is 3. The number of imidazole rings is 3. The molecule has 0 saturated carbocycles. The second-order valence-corrected chi connectivity index (χ2v) is 30.4. The molecule has 15 rings (SSSR count). The molecular formula is C80H94Br2N20O7. The summed E-state index contributed by atoms with van der Waals surface area (Å²) in [7, 11) is 7.69. The van der Waals surface area contributed by atoms with Gasteiger partial charge in [0.15, 0.2) is 0 Å². The number of piperazine rings is 1. The molecule has 2 amide bonds. The van der Waals surface area contributed by atoms with Crippen LogP contribution in [0.3, 0.4) is 0 Å². The molecular weight excluding hydrogens is 1510 g/mol. The highest BCUT2D eigenvalue weighted by atomic mass is 79.9. The number of nitrogen functional groups attached to an aromatic ring is 1. The van der Waals surface area contributed by atoms with Crippen LogP contribution in [0.4, 0.5) is 23.5 Å². The number of ether oxygens (including phenoxy) is 3. The number of aromatic nitrogens is 15. The normalized spacial score (nSPS) is 16.1. The number of carboxylic acids is 1. The van der Waals surface area contributed by atoms with Gasteiger partial charge in [-0.25, -0.2) is 33.8 Å². The van der Waals surface area contributed by atoms with Crippen molar-refractivity contribution in [2.75, 3.05) is 74.3 Å². The third-order valence-corrected chi connectivity index (χ3v) is 21.6. The van der Waals surface area contributed by atoms with Crippen molar-refractivity contribution in [3.05, 3.63) is 152 Å². The van der Waals surface area contributed by atoms with E-state index in [1.54, 1.807) is 83.0 Å². The Bertz CT molecular complexity index is 5300. The molecule has 3 atom stereocenters. The number of carboxylic acid groups (broad SMARTS) is 1. The minimum atomic E-state index is -0.993. The molecule has 3 aliphatic rings. The summed E-state index contributed by atoms with van der Waals surface area (Å²) in [6, 6.07) is 28.7. The van der Waals surface area contributed by atoms with Gasteiger partial charge in [-0.15, -0.1) is 0 Å². The summed E-state index contributed by atoms with van der Waals surface area (Å²) in [6.45, 7) is 20.2. The van der Waals surface area contributed by atoms with Gasteiger partial charge in [-0.2, -0.15) is 15.3 Å². The van der Waals surface area contributed by atoms with Crippen LogP contribution in [-0.4, -0.2) is 154 Å². The lowest BCUT2D eigenvalue weighted by molar-refractivity contribution is 0.0696. The highest BCUT2D eigenvalue weighted by Crippen LogP contribution is 2.37. The fourth-order valence-electron chi connectivity index (χ4n) is 14.5. The zero-order valence-corrected chi connectivity index (χ0v) is 66.6. The minimum Gasteiger partial charge on any atom is -0.478 e. The molecule has 29 heteroatoms. The number of halogens is 2. The maximum absolute atomic E-state index is 13.7. The van der Waals surface area contributed by atoms with Gasteiger partial charge in [0.25, 0.3) is 11.8 Å². The Morgan fingerprint density at radius 1 is 0.606 bits per heavy atom. The monoisotopic (exact) mass is 1600 g/mol. The standard InChI is InChI=1S/C30H38N8O2.C25H29BrN6O3.C25H27BrN6O2/c1-5-21-7-6-14-40-29-24(18-31-36(29)4)26-16-22(15-20(2)32-26)28(39)34-30-33-25-9-8-23(17-27(25)38(30)19-21)37-12-10-35(3)11-13-37;1-4-16(14-32-22-12-18(26)7-8-20(22)30-25(32)27)6-5-9-35-23-19(13-28-31(23)3)21-11-17(24(33)34)10-15(2)29-21;1-4-16-6-5-9-34-24-19(13-27-31(24)3)21-11-17(10-15(2)28-21)23(33)30-25-29-20-8-7-18(26)12-22(20)32(25)14-16/h8-9,15-18,21H,5-7,10-14,19H2,1-4H3,(H,33,34,39);7-8,10-13,16H,4-6,9,14H2,1-3H3,(H2,27,30)(H,33,34);7-8,10-13,16H,4-6,9,14H2,1-3H3,(H,29,30,33)/t21-;2*16-/m111/s1. The summed E-state index contributed by atoms with van der Waals surface area (Å²) in [5.74, 6) is 3.38. The first-order valence-corrected chi connectivity index (χ1v) is 39.0. The highest BCUT2D eigenvalue weighted by Gasteiger charge is 2.27. The smallest absolute Gasteiger partial charge is 0.335 e. The minimum absolute atomic E-state index is 0.186. The van der Waals surface area contributed by atoms with Crippen LogP contribution in [0.2, 0.25) is 0 Å². The molecule has 3 aromatic carbocycles. The summed E-state index contributed by atoms with van der Waals surface area (Å²) < 4.78 is 32.0. The number of pyridine rings is 3. The molecule has 3 aliphatic heterocycles. The number of anilines is 4. The van der Waals surface area contributed by atoms with Crippen LogP contribution in [0.25, 0.3) is 66.9 Å². The molecule has 1 fully saturated rings. The van der Waals surface area contributed by atoms with E-state index in [1.165, 1.54) is 5.69 Å². The Kier molecular flexibility index (Phi) is 23.9. The fourth-order valence-corrected chi connectivity index (χ4v) is 15.2. The number of hydrogen-bond acceptors (Lipinski definition) is 18. The van der Waals surface area contributed by atoms with Crippen molar-refractivity contribution in [2.45, 2.75) is 119 Å². The van der Waals surface area contributed by atoms with Crippen molar-refractivity contribution in [1.29, 1.82) is 0 Å². The van der Waals surface area contributed by atoms with E-state index >= 15 is 0 Å². The van der Waals surface area contributed by atoms with E-state index in [1.807, 2.05) is 58.3 Å². The summed E-state index contributed by atoms with van der Waals surface area (Å²) in [5, 5.41) is 28.7. The quantitative estimate of drug-likeness (QED) is 0.0780. The van der Waals surface area contributed by atoms with Crippen LogP contribution in [0.1, 0.15) is 127 Å². The number of likely N-dealkylation sites (N-methyl/N-ethyl adjacent to an activating group) is 1. The second-order valence-electron chi connectivity index (χ2n) is 28.5. The number of aryl methyl sites for hydroxylation is 6. The molecule has 1 saturated heterocycles. The second kappa shape index (κ2) is 34.0. The average Bonchev–Trinajstić information content (AvgIpc) is 1.65. The van der Waals surface area contributed by atoms with Gasteiger partial charge in [0.2, 0.25) is 35.5 Å². The van der Waals surface area contributed by atoms with Crippen LogP contribution >= 0.6 is 31.9 Å². The van der Waals surface area contributed by atoms with Gasteiger partial charge >= 0.3 is 5.97 Å². The number of fused-ring (bicyclic) bond motifs is 15. The molecule has 12 aromatic rings. The van der Waals surface area contributed by atoms with Crippen molar-refractivity contribution in [3.8, 4) is 51.4 Å². The van der Waals surface area contributed by atoms with Crippen molar-refractivity contribution in [1.82, 2.24) is 77.8 Å². The highest BCUT2D eigenvalue weighted by molar-refractivity contribution is 9.10. The molecule has 570 valence electrons. The van der Waals surface area contributed by atoms with E-state index in [2.05, 4.69) is 148 Å². The van der Waals surface area contributed by atoms with Gasteiger partial charge in [-0.3, -0.25) is 35.2 Å². The summed E-state index contributed by atoms with van der Waals surface area (Å²) in [6.07, 6.45) is 13.8. The topological polar surface area (TPSA) is 301 Å². The number of benzene rings is 3. The van der Waals surface area contributed by atoms with Gasteiger partial charge in [0, 0.05) is 110 Å². The molecule has 0 unspecified atom stereocenters. The van der Waals surface area contributed by atoms with Crippen molar-refractivity contribution < 1.29 is 33.7 Å². The number of carbonyl (C=O) groups excluding carboxylic acids is 2. The molecule has 27 nitrogen and oxygen atoms in total. The summed E-state index contributed by atoms with van der Waals surface area (Å²) >= 11 is 7.11. The first-order valence-electron chi connectivity index (χ1n) is 37.4. The molecule has 0 aliphatic carbocycles. The SMILES string of the molecule is CC[C@@H]1CCCOc2c(cnn2C)-c2cc(cc(C)n2)C(=O)Nc2nc3ccc(Br)cc3n2C1.CC[C@@H]1CCCOc2c(cnn2C)-c2cc(cc(C)n2)C(=O)Nc2nc3ccc(N4CCN(C)CC4)cc3n2C1.CC[C@H](CCCOc1c(-c2cc(C(=O)O)cc(C)n2)cnn1C)Cn1c(N)nc2ccc(Br)cc21. The molecule has 5 N–H and O–H groups in total. The van der Waals surface area contributed by atoms with E-state index in [0.29, 0.717) is 113 Å². The maximum atomic E-state index is 13.7. The van der Waals surface area contributed by atoms with Crippen molar-refractivity contribution in [3.63, 3.8) is 0 Å². The lowest BCUT2D eigenvalue weighted by Gasteiger charge is -2.34. The first kappa shape index (κ1) is 76.7. The fraction of sp³-hybridized carbons (Fsp3) is 0.400. The Morgan fingerprint density at radius 3 is 1.64 bits per heavy atom. The number of amides is 2. The zero-order valence-electron chi connectivity index (χ0n) is 63.4.